The molecule has 0 amide bonds. The van der Waals surface area contributed by atoms with Crippen LogP contribution in [-0.4, -0.2) is 18.1 Å². The molecule has 20 heavy (non-hydrogen) atoms. The summed E-state index contributed by atoms with van der Waals surface area (Å²) in [6.45, 7) is 7.19. The first-order valence-corrected chi connectivity index (χ1v) is 8.02. The minimum absolute atomic E-state index is 0.670. The van der Waals surface area contributed by atoms with E-state index in [4.69, 9.17) is 4.74 Å². The van der Waals surface area contributed by atoms with Crippen LogP contribution in [-0.2, 0) is 6.54 Å². The quantitative estimate of drug-likeness (QED) is 0.823. The molecule has 3 heteroatoms. The number of nitrogens with one attached hydrogen (secondary N) is 1. The predicted molar refractivity (Wildman–Crippen MR) is 82.9 cm³/mol. The van der Waals surface area contributed by atoms with E-state index in [2.05, 4.69) is 30.2 Å². The van der Waals surface area contributed by atoms with Crippen LogP contribution >= 0.6 is 0 Å². The van der Waals surface area contributed by atoms with Gasteiger partial charge in [-0.15, -0.1) is 0 Å². The fourth-order valence-corrected chi connectivity index (χ4v) is 2.74. The van der Waals surface area contributed by atoms with Crippen LogP contribution in [0.1, 0.15) is 51.5 Å². The van der Waals surface area contributed by atoms with Crippen molar-refractivity contribution in [1.29, 1.82) is 0 Å². The summed E-state index contributed by atoms with van der Waals surface area (Å²) >= 11 is 0. The van der Waals surface area contributed by atoms with Crippen LogP contribution < -0.4 is 10.1 Å². The van der Waals surface area contributed by atoms with E-state index in [9.17, 15) is 0 Å². The van der Waals surface area contributed by atoms with E-state index >= 15 is 0 Å². The molecule has 1 saturated carbocycles. The first-order chi connectivity index (χ1) is 9.75. The minimum Gasteiger partial charge on any atom is -0.491 e. The van der Waals surface area contributed by atoms with Crippen molar-refractivity contribution in [3.63, 3.8) is 0 Å². The molecule has 1 aromatic heterocycles. The van der Waals surface area contributed by atoms with E-state index in [-0.39, 0.29) is 0 Å². The zero-order valence-corrected chi connectivity index (χ0v) is 12.9. The van der Waals surface area contributed by atoms with Crippen LogP contribution in [0.4, 0.5) is 0 Å². The van der Waals surface area contributed by atoms with Gasteiger partial charge in [0.15, 0.2) is 0 Å². The molecule has 0 aromatic carbocycles. The van der Waals surface area contributed by atoms with Crippen molar-refractivity contribution in [2.45, 2.75) is 52.5 Å². The lowest BCUT2D eigenvalue weighted by Crippen LogP contribution is -2.20. The lowest BCUT2D eigenvalue weighted by Gasteiger charge is -2.22. The fourth-order valence-electron chi connectivity index (χ4n) is 2.74. The maximum Gasteiger partial charge on any atom is 0.142 e. The first kappa shape index (κ1) is 15.3. The van der Waals surface area contributed by atoms with Gasteiger partial charge in [-0.05, 0) is 37.3 Å². The van der Waals surface area contributed by atoms with Crippen LogP contribution in [0.25, 0.3) is 0 Å². The predicted octanol–water partition coefficient (Wildman–Crippen LogP) is 3.79. The molecule has 0 radical (unpaired) electrons. The highest BCUT2D eigenvalue weighted by atomic mass is 16.5. The highest BCUT2D eigenvalue weighted by Gasteiger charge is 2.14. The third-order valence-corrected chi connectivity index (χ3v) is 3.94. The molecule has 0 atom stereocenters. The number of hydrogen-bond acceptors (Lipinski definition) is 3. The Morgan fingerprint density at radius 1 is 1.30 bits per heavy atom. The number of pyridine rings is 1. The maximum absolute atomic E-state index is 6.03. The van der Waals surface area contributed by atoms with E-state index in [0.29, 0.717) is 5.92 Å². The summed E-state index contributed by atoms with van der Waals surface area (Å²) < 4.78 is 6.03. The molecule has 3 nitrogen and oxygen atoms in total. The fraction of sp³-hybridized carbons (Fsp3) is 0.706. The van der Waals surface area contributed by atoms with Gasteiger partial charge in [0, 0.05) is 18.3 Å². The molecule has 1 aliphatic rings. The molecular weight excluding hydrogens is 248 g/mol. The van der Waals surface area contributed by atoms with Crippen molar-refractivity contribution >= 4 is 0 Å². The van der Waals surface area contributed by atoms with Crippen LogP contribution in [0.3, 0.4) is 0 Å². The highest BCUT2D eigenvalue weighted by Crippen LogP contribution is 2.25. The molecule has 0 bridgehead atoms. The second kappa shape index (κ2) is 8.25. The summed E-state index contributed by atoms with van der Waals surface area (Å²) in [6, 6.07) is 2.06. The Hall–Kier alpha value is -1.09. The second-order valence-corrected chi connectivity index (χ2v) is 6.32. The molecule has 0 unspecified atom stereocenters. The van der Waals surface area contributed by atoms with E-state index < -0.39 is 0 Å². The number of hydrogen-bond donors (Lipinski definition) is 1. The first-order valence-electron chi connectivity index (χ1n) is 8.02. The molecule has 1 aliphatic carbocycles. The zero-order chi connectivity index (χ0) is 14.2. The molecule has 112 valence electrons. The summed E-state index contributed by atoms with van der Waals surface area (Å²) in [5, 5.41) is 3.47. The Labute approximate surface area is 123 Å². The van der Waals surface area contributed by atoms with Gasteiger partial charge >= 0.3 is 0 Å². The topological polar surface area (TPSA) is 34.2 Å². The van der Waals surface area contributed by atoms with Crippen molar-refractivity contribution in [3.05, 3.63) is 24.0 Å². The van der Waals surface area contributed by atoms with Crippen LogP contribution in [0, 0.1) is 11.8 Å². The SMILES string of the molecule is CC(C)CNCc1ccncc1OCC1CCCCC1. The maximum atomic E-state index is 6.03. The second-order valence-electron chi connectivity index (χ2n) is 6.32. The molecular formula is C17H28N2O. The van der Waals surface area contributed by atoms with Gasteiger partial charge in [-0.3, -0.25) is 4.98 Å². The lowest BCUT2D eigenvalue weighted by atomic mass is 9.90. The summed E-state index contributed by atoms with van der Waals surface area (Å²) in [6.07, 6.45) is 10.5. The third kappa shape index (κ3) is 5.12. The van der Waals surface area contributed by atoms with Gasteiger partial charge in [-0.1, -0.05) is 33.1 Å². The Morgan fingerprint density at radius 3 is 2.85 bits per heavy atom. The zero-order valence-electron chi connectivity index (χ0n) is 12.9. The van der Waals surface area contributed by atoms with Gasteiger partial charge in [-0.25, -0.2) is 0 Å². The van der Waals surface area contributed by atoms with Crippen molar-refractivity contribution in [3.8, 4) is 5.75 Å². The average Bonchev–Trinajstić information content (AvgIpc) is 2.47. The highest BCUT2D eigenvalue weighted by molar-refractivity contribution is 5.29. The van der Waals surface area contributed by atoms with Gasteiger partial charge in [0.25, 0.3) is 0 Å². The number of aromatic nitrogens is 1. The molecule has 1 fully saturated rings. The van der Waals surface area contributed by atoms with Crippen LogP contribution in [0.2, 0.25) is 0 Å². The summed E-state index contributed by atoms with van der Waals surface area (Å²) in [5.41, 5.74) is 1.22. The number of nitrogens with zero attached hydrogens (tertiary/aromatic N) is 1. The standard InChI is InChI=1S/C17H28N2O/c1-14(2)10-19-11-16-8-9-18-12-17(16)20-13-15-6-4-3-5-7-15/h8-9,12,14-15,19H,3-7,10-11,13H2,1-2H3. The van der Waals surface area contributed by atoms with Crippen molar-refractivity contribution in [2.75, 3.05) is 13.2 Å². The Morgan fingerprint density at radius 2 is 2.10 bits per heavy atom. The Balaban J connectivity index is 1.83. The minimum atomic E-state index is 0.670. The molecule has 1 aromatic rings. The van der Waals surface area contributed by atoms with Crippen LogP contribution in [0.15, 0.2) is 18.5 Å². The third-order valence-electron chi connectivity index (χ3n) is 3.94. The van der Waals surface area contributed by atoms with Gasteiger partial charge < -0.3 is 10.1 Å². The van der Waals surface area contributed by atoms with Gasteiger partial charge in [0.1, 0.15) is 5.75 Å². The lowest BCUT2D eigenvalue weighted by molar-refractivity contribution is 0.206. The van der Waals surface area contributed by atoms with Gasteiger partial charge in [0.2, 0.25) is 0 Å². The number of ether oxygens (including phenoxy) is 1. The van der Waals surface area contributed by atoms with Crippen molar-refractivity contribution < 1.29 is 4.74 Å². The largest absolute Gasteiger partial charge is 0.491 e. The van der Waals surface area contributed by atoms with Crippen LogP contribution in [0.5, 0.6) is 5.75 Å². The van der Waals surface area contributed by atoms with Gasteiger partial charge in [-0.2, -0.15) is 0 Å². The smallest absolute Gasteiger partial charge is 0.142 e. The molecule has 1 heterocycles. The van der Waals surface area contributed by atoms with E-state index in [1.807, 2.05) is 12.4 Å². The van der Waals surface area contributed by atoms with E-state index in [1.165, 1.54) is 37.7 Å². The van der Waals surface area contributed by atoms with E-state index in [1.54, 1.807) is 0 Å². The normalized spacial score (nSPS) is 16.6. The number of rotatable bonds is 7. The molecule has 1 N–H and O–H groups in total. The Kier molecular flexibility index (Phi) is 6.31. The van der Waals surface area contributed by atoms with E-state index in [0.717, 1.165) is 31.4 Å². The van der Waals surface area contributed by atoms with Crippen molar-refractivity contribution in [2.24, 2.45) is 11.8 Å². The average molecular weight is 276 g/mol. The van der Waals surface area contributed by atoms with Gasteiger partial charge in [0.05, 0.1) is 12.8 Å². The molecule has 2 rings (SSSR count). The monoisotopic (exact) mass is 276 g/mol. The molecule has 0 saturated heterocycles. The van der Waals surface area contributed by atoms with Crippen molar-refractivity contribution in [1.82, 2.24) is 10.3 Å². The Bertz CT molecular complexity index is 386. The molecule has 0 aliphatic heterocycles. The summed E-state index contributed by atoms with van der Waals surface area (Å²) in [5.74, 6) is 2.36. The summed E-state index contributed by atoms with van der Waals surface area (Å²) in [4.78, 5) is 4.20. The summed E-state index contributed by atoms with van der Waals surface area (Å²) in [7, 11) is 0. The molecule has 0 spiro atoms.